The summed E-state index contributed by atoms with van der Waals surface area (Å²) in [6, 6.07) is 11.1. The molecule has 2 aliphatic carbocycles. The van der Waals surface area contributed by atoms with Gasteiger partial charge in [-0.15, -0.1) is 21.5 Å². The Bertz CT molecular complexity index is 1240. The van der Waals surface area contributed by atoms with Gasteiger partial charge in [-0.05, 0) is 61.6 Å². The summed E-state index contributed by atoms with van der Waals surface area (Å²) in [7, 11) is 0. The van der Waals surface area contributed by atoms with Crippen molar-refractivity contribution < 1.29 is 28.6 Å². The summed E-state index contributed by atoms with van der Waals surface area (Å²) in [4.78, 5) is 41.0. The fourth-order valence-electron chi connectivity index (χ4n) is 3.70. The minimum Gasteiger partial charge on any atom is -0.426 e. The third-order valence-electron chi connectivity index (χ3n) is 5.91. The number of carbonyl (C=O) groups is 2. The average Bonchev–Trinajstić information content (AvgIpc) is 3.69. The lowest BCUT2D eigenvalue weighted by Crippen LogP contribution is -2.27. The Labute approximate surface area is 185 Å². The highest BCUT2D eigenvalue weighted by Crippen LogP contribution is 2.48. The molecular weight excluding hydrogens is 437 g/mol. The maximum Gasteiger partial charge on any atom is 0.319 e. The smallest absolute Gasteiger partial charge is 0.319 e. The number of thiophene rings is 1. The van der Waals surface area contributed by atoms with E-state index in [4.69, 9.17) is 4.74 Å². The number of Topliss-reactive ketones (excluding diaryl/α,β-unsaturated/α-hetero) is 1. The molecule has 0 N–H and O–H groups in total. The lowest BCUT2D eigenvalue weighted by atomic mass is 9.99. The molecule has 0 aliphatic heterocycles. The van der Waals surface area contributed by atoms with Crippen LogP contribution in [0.3, 0.4) is 0 Å². The van der Waals surface area contributed by atoms with Crippen LogP contribution in [0.25, 0.3) is 21.2 Å². The molecule has 0 bridgehead atoms. The number of ketones is 1. The van der Waals surface area contributed by atoms with Crippen LogP contribution in [0.15, 0.2) is 42.5 Å². The third kappa shape index (κ3) is 3.84. The number of benzene rings is 2. The molecule has 9 heteroatoms. The van der Waals surface area contributed by atoms with Crippen LogP contribution in [-0.2, 0) is 9.63 Å². The van der Waals surface area contributed by atoms with Crippen molar-refractivity contribution in [2.75, 3.05) is 6.61 Å². The highest BCUT2D eigenvalue weighted by atomic mass is 32.1. The molecule has 0 radical (unpaired) electrons. The highest BCUT2D eigenvalue weighted by Gasteiger charge is 2.52. The normalized spacial score (nSPS) is 16.5. The van der Waals surface area contributed by atoms with Gasteiger partial charge < -0.3 is 9.57 Å². The molecule has 0 atom stereocenters. The molecular formula is C23H18FNO6S. The van der Waals surface area contributed by atoms with Crippen molar-refractivity contribution in [1.82, 2.24) is 0 Å². The van der Waals surface area contributed by atoms with Crippen molar-refractivity contribution in [2.24, 2.45) is 11.3 Å². The van der Waals surface area contributed by atoms with Crippen LogP contribution in [0.1, 0.15) is 35.4 Å². The quantitative estimate of drug-likeness (QED) is 0.152. The molecule has 5 rings (SSSR count). The van der Waals surface area contributed by atoms with Gasteiger partial charge in [-0.3, -0.25) is 9.59 Å². The minimum absolute atomic E-state index is 0.0240. The summed E-state index contributed by atoms with van der Waals surface area (Å²) < 4.78 is 19.7. The van der Waals surface area contributed by atoms with Gasteiger partial charge in [0.05, 0.1) is 10.3 Å². The van der Waals surface area contributed by atoms with Gasteiger partial charge in [0.1, 0.15) is 18.2 Å². The van der Waals surface area contributed by atoms with E-state index in [1.165, 1.54) is 23.5 Å². The van der Waals surface area contributed by atoms with Crippen molar-refractivity contribution in [2.45, 2.75) is 25.7 Å². The number of esters is 1. The van der Waals surface area contributed by atoms with E-state index in [2.05, 4.69) is 4.84 Å². The van der Waals surface area contributed by atoms with E-state index in [1.54, 1.807) is 30.3 Å². The Balaban J connectivity index is 1.48. The number of hydrogen-bond acceptors (Lipinski definition) is 7. The molecule has 3 aromatic rings. The van der Waals surface area contributed by atoms with Crippen LogP contribution < -0.4 is 4.74 Å². The van der Waals surface area contributed by atoms with Gasteiger partial charge in [-0.1, -0.05) is 12.1 Å². The first-order chi connectivity index (χ1) is 15.4. The number of fused-ring (bicyclic) bond motifs is 1. The van der Waals surface area contributed by atoms with Crippen molar-refractivity contribution in [3.63, 3.8) is 0 Å². The molecule has 0 saturated heterocycles. The molecule has 2 fully saturated rings. The van der Waals surface area contributed by atoms with E-state index >= 15 is 0 Å². The summed E-state index contributed by atoms with van der Waals surface area (Å²) in [5, 5.41) is 10.4. The van der Waals surface area contributed by atoms with E-state index in [9.17, 15) is 24.1 Å². The predicted molar refractivity (Wildman–Crippen MR) is 115 cm³/mol. The molecule has 2 aromatic carbocycles. The van der Waals surface area contributed by atoms with E-state index in [1.807, 2.05) is 0 Å². The van der Waals surface area contributed by atoms with E-state index in [0.29, 0.717) is 23.5 Å². The Hall–Kier alpha value is -3.33. The Morgan fingerprint density at radius 2 is 1.88 bits per heavy atom. The van der Waals surface area contributed by atoms with E-state index in [-0.39, 0.29) is 24.1 Å². The molecule has 2 aliphatic rings. The van der Waals surface area contributed by atoms with Crippen LogP contribution >= 0.6 is 11.3 Å². The molecule has 7 nitrogen and oxygen atoms in total. The Kier molecular flexibility index (Phi) is 4.93. The topological polar surface area (TPSA) is 95.7 Å². The molecule has 0 unspecified atom stereocenters. The van der Waals surface area contributed by atoms with Gasteiger partial charge in [0.2, 0.25) is 0 Å². The monoisotopic (exact) mass is 455 g/mol. The predicted octanol–water partition coefficient (Wildman–Crippen LogP) is 5.19. The molecule has 0 amide bonds. The fourth-order valence-corrected chi connectivity index (χ4v) is 4.97. The lowest BCUT2D eigenvalue weighted by molar-refractivity contribution is -0.759. The first kappa shape index (κ1) is 20.6. The summed E-state index contributed by atoms with van der Waals surface area (Å²) in [5.41, 5.74) is 0.530. The van der Waals surface area contributed by atoms with Gasteiger partial charge in [0.15, 0.2) is 5.78 Å². The lowest BCUT2D eigenvalue weighted by Gasteiger charge is -2.13. The van der Waals surface area contributed by atoms with Crippen LogP contribution in [-0.4, -0.2) is 23.4 Å². The van der Waals surface area contributed by atoms with Crippen molar-refractivity contribution in [3.05, 3.63) is 63.3 Å². The second kappa shape index (κ2) is 7.67. The van der Waals surface area contributed by atoms with Crippen molar-refractivity contribution >= 4 is 33.2 Å². The van der Waals surface area contributed by atoms with Gasteiger partial charge in [-0.2, -0.15) is 0 Å². The number of carbonyl (C=O) groups excluding carboxylic acids is 2. The molecule has 2 saturated carbocycles. The average molecular weight is 455 g/mol. The Morgan fingerprint density at radius 3 is 2.50 bits per heavy atom. The van der Waals surface area contributed by atoms with Gasteiger partial charge in [0, 0.05) is 21.6 Å². The van der Waals surface area contributed by atoms with Crippen LogP contribution in [0.2, 0.25) is 0 Å². The largest absolute Gasteiger partial charge is 0.426 e. The molecule has 32 heavy (non-hydrogen) atoms. The van der Waals surface area contributed by atoms with Crippen molar-refractivity contribution in [3.8, 4) is 16.9 Å². The zero-order chi connectivity index (χ0) is 22.5. The zero-order valence-corrected chi connectivity index (χ0v) is 17.7. The SMILES string of the molecule is O=C(c1sc2cc(OC(=O)C3(CO[N+](=O)[O-])CC3)ccc2c1-c1ccc(F)cc1)C1CC1. The summed E-state index contributed by atoms with van der Waals surface area (Å²) >= 11 is 1.33. The number of rotatable bonds is 8. The molecule has 164 valence electrons. The van der Waals surface area contributed by atoms with E-state index in [0.717, 1.165) is 34.1 Å². The fraction of sp³-hybridized carbons (Fsp3) is 0.304. The maximum absolute atomic E-state index is 13.5. The van der Waals surface area contributed by atoms with E-state index < -0.39 is 16.5 Å². The number of halogens is 1. The standard InChI is InChI=1S/C23H18FNO6S/c24-15-5-3-13(4-6-15)19-17-8-7-16(11-18(17)32-21(19)20(26)14-1-2-14)31-22(27)23(9-10-23)12-30-25(28)29/h3-8,11,14H,1-2,9-10,12H2. The first-order valence-electron chi connectivity index (χ1n) is 10.2. The van der Waals surface area contributed by atoms with Crippen LogP contribution in [0.4, 0.5) is 4.39 Å². The summed E-state index contributed by atoms with van der Waals surface area (Å²) in [5.74, 6) is -0.517. The van der Waals surface area contributed by atoms with Crippen LogP contribution in [0, 0.1) is 27.3 Å². The zero-order valence-electron chi connectivity index (χ0n) is 16.8. The van der Waals surface area contributed by atoms with Gasteiger partial charge >= 0.3 is 5.97 Å². The maximum atomic E-state index is 13.5. The number of nitrogens with zero attached hydrogens (tertiary/aromatic N) is 1. The Morgan fingerprint density at radius 1 is 1.16 bits per heavy atom. The van der Waals surface area contributed by atoms with Gasteiger partial charge in [-0.25, -0.2) is 4.39 Å². The second-order valence-corrected chi connectivity index (χ2v) is 9.33. The molecule has 1 aromatic heterocycles. The minimum atomic E-state index is -0.982. The molecule has 1 heterocycles. The number of hydrogen-bond donors (Lipinski definition) is 0. The molecule has 0 spiro atoms. The first-order valence-corrected chi connectivity index (χ1v) is 11.0. The number of ether oxygens (including phenoxy) is 1. The highest BCUT2D eigenvalue weighted by molar-refractivity contribution is 7.21. The second-order valence-electron chi connectivity index (χ2n) is 8.28. The third-order valence-corrected chi connectivity index (χ3v) is 7.08. The summed E-state index contributed by atoms with van der Waals surface area (Å²) in [6.45, 7) is -0.325. The van der Waals surface area contributed by atoms with Crippen LogP contribution in [0.5, 0.6) is 5.75 Å². The van der Waals surface area contributed by atoms with Crippen molar-refractivity contribution in [1.29, 1.82) is 0 Å². The van der Waals surface area contributed by atoms with Gasteiger partial charge in [0.25, 0.3) is 5.09 Å². The summed E-state index contributed by atoms with van der Waals surface area (Å²) in [6.07, 6.45) is 2.67.